The Kier molecular flexibility index (Phi) is 8.31. The van der Waals surface area contributed by atoms with Crippen molar-refractivity contribution in [3.8, 4) is 0 Å². The Balaban J connectivity index is 0.00000261. The summed E-state index contributed by atoms with van der Waals surface area (Å²) in [5, 5.41) is 10.8. The van der Waals surface area contributed by atoms with Crippen molar-refractivity contribution in [3.63, 3.8) is 0 Å². The minimum absolute atomic E-state index is 0. The quantitative estimate of drug-likeness (QED) is 0.311. The van der Waals surface area contributed by atoms with E-state index in [1.54, 1.807) is 12.4 Å². The van der Waals surface area contributed by atoms with E-state index in [2.05, 4.69) is 61.5 Å². The van der Waals surface area contributed by atoms with E-state index in [9.17, 15) is 0 Å². The monoisotopic (exact) mass is 479 g/mol. The highest BCUT2D eigenvalue weighted by Crippen LogP contribution is 2.07. The van der Waals surface area contributed by atoms with Gasteiger partial charge in [-0.1, -0.05) is 24.3 Å². The summed E-state index contributed by atoms with van der Waals surface area (Å²) < 4.78 is 3.91. The number of nitrogens with one attached hydrogen (secondary N) is 2. The van der Waals surface area contributed by atoms with Gasteiger partial charge in [-0.3, -0.25) is 4.68 Å². The molecule has 0 bridgehead atoms. The van der Waals surface area contributed by atoms with Gasteiger partial charge in [0.05, 0.1) is 25.1 Å². The number of aryl methyl sites for hydroxylation is 1. The van der Waals surface area contributed by atoms with Crippen LogP contribution in [-0.4, -0.2) is 31.8 Å². The number of guanidine groups is 1. The summed E-state index contributed by atoms with van der Waals surface area (Å²) in [6.45, 7) is 5.03. The molecular weight excluding hydrogens is 453 g/mol. The molecule has 0 radical (unpaired) electrons. The fraction of sp³-hybridized carbons (Fsp3) is 0.316. The van der Waals surface area contributed by atoms with Crippen LogP contribution >= 0.6 is 24.0 Å². The summed E-state index contributed by atoms with van der Waals surface area (Å²) in [5.41, 5.74) is 3.54. The standard InChI is InChI=1S/C19H25N7.HI/c1-3-21-19(23-13-18-8-9-24-25(18)2)22-12-16-4-6-17(7-5-16)14-26-11-10-20-15-26;/h4-11,15H,3,12-14H2,1-2H3,(H2,21,22,23);1H. The molecular formula is C19H26IN7. The molecule has 2 aromatic heterocycles. The van der Waals surface area contributed by atoms with Crippen molar-refractivity contribution in [2.24, 2.45) is 12.0 Å². The molecule has 0 aliphatic heterocycles. The highest BCUT2D eigenvalue weighted by molar-refractivity contribution is 14.0. The van der Waals surface area contributed by atoms with Crippen LogP contribution in [0.3, 0.4) is 0 Å². The normalized spacial score (nSPS) is 11.1. The molecule has 1 aromatic carbocycles. The van der Waals surface area contributed by atoms with E-state index in [0.29, 0.717) is 13.1 Å². The highest BCUT2D eigenvalue weighted by atomic mass is 127. The minimum atomic E-state index is 0. The molecule has 0 atom stereocenters. The van der Waals surface area contributed by atoms with Crippen molar-refractivity contribution in [2.45, 2.75) is 26.6 Å². The van der Waals surface area contributed by atoms with Gasteiger partial charge in [0.15, 0.2) is 5.96 Å². The third-order valence-corrected chi connectivity index (χ3v) is 4.07. The van der Waals surface area contributed by atoms with E-state index < -0.39 is 0 Å². The number of aromatic nitrogens is 4. The SMILES string of the molecule is CCNC(=NCc1ccc(Cn2ccnc2)cc1)NCc1ccnn1C.I. The number of aliphatic imine (C=N–C) groups is 1. The van der Waals surface area contributed by atoms with Crippen molar-refractivity contribution in [2.75, 3.05) is 6.54 Å². The summed E-state index contributed by atoms with van der Waals surface area (Å²) in [5.74, 6) is 0.802. The van der Waals surface area contributed by atoms with Crippen LogP contribution in [0.4, 0.5) is 0 Å². The first-order chi connectivity index (χ1) is 12.7. The Morgan fingerprint density at radius 3 is 2.48 bits per heavy atom. The van der Waals surface area contributed by atoms with Gasteiger partial charge in [-0.25, -0.2) is 9.98 Å². The lowest BCUT2D eigenvalue weighted by atomic mass is 10.1. The van der Waals surface area contributed by atoms with Crippen LogP contribution in [0.1, 0.15) is 23.7 Å². The van der Waals surface area contributed by atoms with Crippen molar-refractivity contribution >= 4 is 29.9 Å². The molecule has 0 amide bonds. The third kappa shape index (κ3) is 6.38. The van der Waals surface area contributed by atoms with Crippen molar-refractivity contribution in [1.82, 2.24) is 30.0 Å². The smallest absolute Gasteiger partial charge is 0.191 e. The maximum absolute atomic E-state index is 4.67. The fourth-order valence-corrected chi connectivity index (χ4v) is 2.60. The van der Waals surface area contributed by atoms with Crippen molar-refractivity contribution < 1.29 is 0 Å². The van der Waals surface area contributed by atoms with Gasteiger partial charge in [0, 0.05) is 38.7 Å². The van der Waals surface area contributed by atoms with Gasteiger partial charge in [-0.2, -0.15) is 5.10 Å². The van der Waals surface area contributed by atoms with Gasteiger partial charge < -0.3 is 15.2 Å². The molecule has 3 rings (SSSR count). The zero-order valence-corrected chi connectivity index (χ0v) is 18.0. The molecule has 0 spiro atoms. The molecule has 0 aliphatic carbocycles. The van der Waals surface area contributed by atoms with Gasteiger partial charge in [-0.05, 0) is 24.1 Å². The molecule has 27 heavy (non-hydrogen) atoms. The first-order valence-corrected chi connectivity index (χ1v) is 8.77. The lowest BCUT2D eigenvalue weighted by Gasteiger charge is -2.11. The predicted molar refractivity (Wildman–Crippen MR) is 118 cm³/mol. The van der Waals surface area contributed by atoms with E-state index in [1.165, 1.54) is 11.1 Å². The summed E-state index contributed by atoms with van der Waals surface area (Å²) >= 11 is 0. The van der Waals surface area contributed by atoms with Crippen LogP contribution in [0.2, 0.25) is 0 Å². The number of nitrogens with zero attached hydrogens (tertiary/aromatic N) is 5. The van der Waals surface area contributed by atoms with E-state index in [4.69, 9.17) is 0 Å². The molecule has 7 nitrogen and oxygen atoms in total. The summed E-state index contributed by atoms with van der Waals surface area (Å²) in [6.07, 6.45) is 7.39. The van der Waals surface area contributed by atoms with Crippen LogP contribution in [0.5, 0.6) is 0 Å². The molecule has 0 saturated heterocycles. The van der Waals surface area contributed by atoms with Crippen LogP contribution in [0, 0.1) is 0 Å². The summed E-state index contributed by atoms with van der Waals surface area (Å²) in [4.78, 5) is 8.74. The Hall–Kier alpha value is -2.36. The Morgan fingerprint density at radius 2 is 1.85 bits per heavy atom. The van der Waals surface area contributed by atoms with Crippen LogP contribution < -0.4 is 10.6 Å². The Bertz CT molecular complexity index is 822. The topological polar surface area (TPSA) is 72.1 Å². The molecule has 0 unspecified atom stereocenters. The Labute approximate surface area is 176 Å². The van der Waals surface area contributed by atoms with E-state index in [0.717, 1.165) is 24.7 Å². The van der Waals surface area contributed by atoms with Crippen molar-refractivity contribution in [1.29, 1.82) is 0 Å². The van der Waals surface area contributed by atoms with E-state index in [-0.39, 0.29) is 24.0 Å². The van der Waals surface area contributed by atoms with Gasteiger partial charge >= 0.3 is 0 Å². The van der Waals surface area contributed by atoms with Crippen LogP contribution in [-0.2, 0) is 26.7 Å². The number of hydrogen-bond acceptors (Lipinski definition) is 3. The predicted octanol–water partition coefficient (Wildman–Crippen LogP) is 2.54. The molecule has 0 fully saturated rings. The molecule has 8 heteroatoms. The second kappa shape index (κ2) is 10.7. The van der Waals surface area contributed by atoms with Crippen molar-refractivity contribution in [3.05, 3.63) is 72.1 Å². The molecule has 2 N–H and O–H groups in total. The number of hydrogen-bond donors (Lipinski definition) is 2. The first-order valence-electron chi connectivity index (χ1n) is 8.77. The van der Waals surface area contributed by atoms with E-state index in [1.807, 2.05) is 30.3 Å². The van der Waals surface area contributed by atoms with E-state index >= 15 is 0 Å². The lowest BCUT2D eigenvalue weighted by molar-refractivity contribution is 0.685. The number of benzene rings is 1. The second-order valence-corrected chi connectivity index (χ2v) is 6.05. The summed E-state index contributed by atoms with van der Waals surface area (Å²) in [7, 11) is 1.94. The minimum Gasteiger partial charge on any atom is -0.357 e. The van der Waals surface area contributed by atoms with Gasteiger partial charge in [-0.15, -0.1) is 24.0 Å². The zero-order chi connectivity index (χ0) is 18.2. The maximum atomic E-state index is 4.67. The first kappa shape index (κ1) is 20.9. The van der Waals surface area contributed by atoms with Crippen LogP contribution in [0.15, 0.2) is 60.2 Å². The molecule has 0 aliphatic rings. The zero-order valence-electron chi connectivity index (χ0n) is 15.7. The molecule has 3 aromatic rings. The average molecular weight is 479 g/mol. The van der Waals surface area contributed by atoms with Gasteiger partial charge in [0.1, 0.15) is 0 Å². The fourth-order valence-electron chi connectivity index (χ4n) is 2.60. The maximum Gasteiger partial charge on any atom is 0.191 e. The Morgan fingerprint density at radius 1 is 1.07 bits per heavy atom. The molecule has 2 heterocycles. The highest BCUT2D eigenvalue weighted by Gasteiger charge is 2.02. The number of halogens is 1. The largest absolute Gasteiger partial charge is 0.357 e. The molecule has 0 saturated carbocycles. The summed E-state index contributed by atoms with van der Waals surface area (Å²) in [6, 6.07) is 10.5. The number of imidazole rings is 1. The van der Waals surface area contributed by atoms with Gasteiger partial charge in [0.25, 0.3) is 0 Å². The molecule has 144 valence electrons. The van der Waals surface area contributed by atoms with Crippen LogP contribution in [0.25, 0.3) is 0 Å². The van der Waals surface area contributed by atoms with Gasteiger partial charge in [0.2, 0.25) is 0 Å². The lowest BCUT2D eigenvalue weighted by Crippen LogP contribution is -2.37. The number of rotatable bonds is 7. The second-order valence-electron chi connectivity index (χ2n) is 6.05. The average Bonchev–Trinajstić information content (AvgIpc) is 3.30. The third-order valence-electron chi connectivity index (χ3n) is 4.07.